The third-order valence-corrected chi connectivity index (χ3v) is 9.44. The summed E-state index contributed by atoms with van der Waals surface area (Å²) in [5.41, 5.74) is 4.18. The third-order valence-electron chi connectivity index (χ3n) is 7.47. The number of ether oxygens (including phenoxy) is 1. The number of thiophene rings is 1. The van der Waals surface area contributed by atoms with Crippen molar-refractivity contribution in [3.63, 3.8) is 0 Å². The first-order valence-corrected chi connectivity index (χ1v) is 15.0. The van der Waals surface area contributed by atoms with Crippen LogP contribution in [0, 0.1) is 0 Å². The smallest absolute Gasteiger partial charge is 0.379 e. The van der Waals surface area contributed by atoms with E-state index in [1.165, 1.54) is 28.5 Å². The Bertz CT molecular complexity index is 1630. The van der Waals surface area contributed by atoms with E-state index in [-0.39, 0.29) is 76.3 Å². The van der Waals surface area contributed by atoms with Gasteiger partial charge in [-0.1, -0.05) is 6.58 Å². The maximum atomic E-state index is 14.9. The SMILES string of the molecule is C=CC(=O)N1[C@H](C)CN(c2nc(=O)n3c4c(c(-c5cscc5NC(N)=O)c(C(F)(F)F)cc24)SCC(OC)C3)C[C@@H]1C. The van der Waals surface area contributed by atoms with E-state index in [2.05, 4.69) is 16.9 Å². The van der Waals surface area contributed by atoms with Crippen LogP contribution in [0.25, 0.3) is 22.0 Å². The van der Waals surface area contributed by atoms with Gasteiger partial charge < -0.3 is 25.6 Å². The monoisotopic (exact) mass is 622 g/mol. The van der Waals surface area contributed by atoms with E-state index >= 15 is 0 Å². The molecule has 3 amide bonds. The molecule has 42 heavy (non-hydrogen) atoms. The average molecular weight is 623 g/mol. The number of nitrogens with two attached hydrogens (primary N) is 1. The fraction of sp³-hybridized carbons (Fsp3) is 0.407. The molecule has 2 aliphatic heterocycles. The number of amides is 3. The van der Waals surface area contributed by atoms with Gasteiger partial charge in [-0.15, -0.1) is 23.1 Å². The molecule has 1 aromatic carbocycles. The molecule has 5 rings (SSSR count). The van der Waals surface area contributed by atoms with Gasteiger partial charge >= 0.3 is 17.9 Å². The highest BCUT2D eigenvalue weighted by Crippen LogP contribution is 2.50. The number of nitrogens with one attached hydrogen (secondary N) is 1. The van der Waals surface area contributed by atoms with Gasteiger partial charge in [-0.2, -0.15) is 18.2 Å². The molecule has 0 radical (unpaired) electrons. The lowest BCUT2D eigenvalue weighted by Crippen LogP contribution is -2.58. The highest BCUT2D eigenvalue weighted by Gasteiger charge is 2.40. The second-order valence-electron chi connectivity index (χ2n) is 10.3. The summed E-state index contributed by atoms with van der Waals surface area (Å²) in [6, 6.07) is -0.531. The summed E-state index contributed by atoms with van der Waals surface area (Å²) in [7, 11) is 1.48. The highest BCUT2D eigenvalue weighted by atomic mass is 32.2. The number of piperazine rings is 1. The number of thioether (sulfide) groups is 1. The van der Waals surface area contributed by atoms with Crippen LogP contribution in [0.1, 0.15) is 19.4 Å². The first-order valence-electron chi connectivity index (χ1n) is 13.0. The number of primary amides is 1. The van der Waals surface area contributed by atoms with Crippen molar-refractivity contribution in [1.29, 1.82) is 0 Å². The molecule has 15 heteroatoms. The van der Waals surface area contributed by atoms with Crippen molar-refractivity contribution in [1.82, 2.24) is 14.5 Å². The van der Waals surface area contributed by atoms with Gasteiger partial charge in [0.1, 0.15) is 5.82 Å². The zero-order valence-corrected chi connectivity index (χ0v) is 24.7. The van der Waals surface area contributed by atoms with E-state index in [1.807, 2.05) is 13.8 Å². The second kappa shape index (κ2) is 11.3. The largest absolute Gasteiger partial charge is 0.417 e. The lowest BCUT2D eigenvalue weighted by molar-refractivity contribution is -0.137. The summed E-state index contributed by atoms with van der Waals surface area (Å²) in [4.78, 5) is 45.7. The minimum atomic E-state index is -4.80. The molecule has 3 N–H and O–H groups in total. The van der Waals surface area contributed by atoms with Crippen LogP contribution in [0.15, 0.2) is 39.2 Å². The number of halogens is 3. The van der Waals surface area contributed by atoms with Gasteiger partial charge in [0.25, 0.3) is 0 Å². The molecule has 224 valence electrons. The van der Waals surface area contributed by atoms with E-state index in [0.29, 0.717) is 5.52 Å². The van der Waals surface area contributed by atoms with Gasteiger partial charge in [-0.25, -0.2) is 9.59 Å². The molecule has 2 aliphatic rings. The first kappa shape index (κ1) is 29.9. The molecule has 1 fully saturated rings. The van der Waals surface area contributed by atoms with Crippen molar-refractivity contribution in [2.24, 2.45) is 5.73 Å². The molecule has 4 heterocycles. The summed E-state index contributed by atoms with van der Waals surface area (Å²) in [6.45, 7) is 7.81. The Balaban J connectivity index is 1.82. The number of hydrogen-bond donors (Lipinski definition) is 2. The number of alkyl halides is 3. The van der Waals surface area contributed by atoms with Crippen molar-refractivity contribution in [3.8, 4) is 11.1 Å². The quantitative estimate of drug-likeness (QED) is 0.406. The third kappa shape index (κ3) is 5.24. The lowest BCUT2D eigenvalue weighted by Gasteiger charge is -2.44. The van der Waals surface area contributed by atoms with Gasteiger partial charge in [-0.05, 0) is 26.0 Å². The van der Waals surface area contributed by atoms with Crippen LogP contribution >= 0.6 is 23.1 Å². The van der Waals surface area contributed by atoms with E-state index in [4.69, 9.17) is 10.5 Å². The number of methoxy groups -OCH3 is 1. The standard InChI is InChI=1S/C27H29F3N6O4S2/c1-5-20(37)36-13(2)7-34(8-14(36)3)24-16-6-18(27(28,29)30)21(17-11-41-12-19(17)32-25(31)38)23-22(16)35(26(39)33-24)9-15(40-4)10-42-23/h5-6,11-15H,1,7-10H2,2-4H3,(H3,31,32,38)/t13-,14+,15?. The molecule has 10 nitrogen and oxygen atoms in total. The number of anilines is 2. The van der Waals surface area contributed by atoms with Gasteiger partial charge in [0.05, 0.1) is 29.4 Å². The molecule has 1 unspecified atom stereocenters. The lowest BCUT2D eigenvalue weighted by atomic mass is 9.97. The van der Waals surface area contributed by atoms with Crippen molar-refractivity contribution in [3.05, 3.63) is 45.5 Å². The Labute approximate surface area is 247 Å². The molecule has 2 aromatic heterocycles. The van der Waals surface area contributed by atoms with Crippen molar-refractivity contribution >= 4 is 57.4 Å². The van der Waals surface area contributed by atoms with Crippen LogP contribution in [0.4, 0.5) is 29.5 Å². The van der Waals surface area contributed by atoms with E-state index in [0.717, 1.165) is 29.2 Å². The summed E-state index contributed by atoms with van der Waals surface area (Å²) in [5, 5.41) is 5.60. The molecular weight excluding hydrogens is 593 g/mol. The summed E-state index contributed by atoms with van der Waals surface area (Å²) in [5.74, 6) is 0.139. The summed E-state index contributed by atoms with van der Waals surface area (Å²) in [6.07, 6.45) is -4.05. The van der Waals surface area contributed by atoms with Crippen LogP contribution < -0.4 is 21.6 Å². The minimum Gasteiger partial charge on any atom is -0.379 e. The topological polar surface area (TPSA) is 123 Å². The fourth-order valence-corrected chi connectivity index (χ4v) is 7.85. The molecule has 1 saturated heterocycles. The number of rotatable bonds is 5. The van der Waals surface area contributed by atoms with Gasteiger partial charge in [0.15, 0.2) is 0 Å². The molecule has 0 aliphatic carbocycles. The maximum absolute atomic E-state index is 14.9. The summed E-state index contributed by atoms with van der Waals surface area (Å²) < 4.78 is 51.6. The zero-order valence-electron chi connectivity index (χ0n) is 23.0. The molecule has 0 spiro atoms. The molecular formula is C27H29F3N6O4S2. The number of hydrogen-bond acceptors (Lipinski definition) is 8. The van der Waals surface area contributed by atoms with Crippen molar-refractivity contribution in [2.45, 2.75) is 49.7 Å². The van der Waals surface area contributed by atoms with Crippen LogP contribution in [0.3, 0.4) is 0 Å². The van der Waals surface area contributed by atoms with Crippen LogP contribution in [0.5, 0.6) is 0 Å². The highest BCUT2D eigenvalue weighted by molar-refractivity contribution is 7.99. The summed E-state index contributed by atoms with van der Waals surface area (Å²) >= 11 is 2.27. The zero-order chi connectivity index (χ0) is 30.5. The number of carbonyl (C=O) groups is 2. The van der Waals surface area contributed by atoms with Gasteiger partial charge in [-0.3, -0.25) is 9.36 Å². The van der Waals surface area contributed by atoms with Gasteiger partial charge in [0.2, 0.25) is 5.91 Å². The van der Waals surface area contributed by atoms with E-state index in [9.17, 15) is 27.6 Å². The van der Waals surface area contributed by atoms with E-state index in [1.54, 1.807) is 9.80 Å². The molecule has 3 atom stereocenters. The normalized spacial score (nSPS) is 20.9. The average Bonchev–Trinajstić information content (AvgIpc) is 3.26. The number of nitrogens with zero attached hydrogens (tertiary/aromatic N) is 4. The van der Waals surface area contributed by atoms with Crippen molar-refractivity contribution in [2.75, 3.05) is 36.2 Å². The number of aromatic nitrogens is 2. The Morgan fingerprint density at radius 2 is 1.90 bits per heavy atom. The molecule has 0 saturated carbocycles. The van der Waals surface area contributed by atoms with Crippen LogP contribution in [0.2, 0.25) is 0 Å². The van der Waals surface area contributed by atoms with Crippen LogP contribution in [-0.2, 0) is 22.3 Å². The maximum Gasteiger partial charge on any atom is 0.417 e. The fourth-order valence-electron chi connectivity index (χ4n) is 5.77. The Morgan fingerprint density at radius 1 is 1.21 bits per heavy atom. The Morgan fingerprint density at radius 3 is 2.50 bits per heavy atom. The van der Waals surface area contributed by atoms with Crippen LogP contribution in [-0.4, -0.2) is 70.5 Å². The minimum absolute atomic E-state index is 0.0916. The molecule has 0 bridgehead atoms. The number of carbonyl (C=O) groups excluding carboxylic acids is 2. The van der Waals surface area contributed by atoms with Gasteiger partial charge in [0, 0.05) is 70.2 Å². The predicted molar refractivity (Wildman–Crippen MR) is 157 cm³/mol. The number of benzene rings is 1. The number of urea groups is 1. The second-order valence-corrected chi connectivity index (χ2v) is 12.0. The predicted octanol–water partition coefficient (Wildman–Crippen LogP) is 4.37. The van der Waals surface area contributed by atoms with Crippen molar-refractivity contribution < 1.29 is 27.5 Å². The first-order chi connectivity index (χ1) is 19.8. The Hall–Kier alpha value is -3.56. The molecule has 3 aromatic rings. The van der Waals surface area contributed by atoms with E-state index < -0.39 is 29.6 Å². The Kier molecular flexibility index (Phi) is 8.02.